The highest BCUT2D eigenvalue weighted by molar-refractivity contribution is 7.09. The first-order valence-electron chi connectivity index (χ1n) is 6.89. The van der Waals surface area contributed by atoms with Crippen LogP contribution in [0.5, 0.6) is 0 Å². The van der Waals surface area contributed by atoms with Gasteiger partial charge in [-0.15, -0.1) is 0 Å². The summed E-state index contributed by atoms with van der Waals surface area (Å²) in [5, 5.41) is 4.46. The summed E-state index contributed by atoms with van der Waals surface area (Å²) in [6.07, 6.45) is 2.13. The Hall–Kier alpha value is -0.720. The number of nitrogens with zero attached hydrogens (tertiary/aromatic N) is 4. The van der Waals surface area contributed by atoms with Crippen LogP contribution in [0.1, 0.15) is 19.2 Å². The average molecular weight is 267 g/mol. The molecule has 0 spiro atoms. The Kier molecular flexibility index (Phi) is 3.77. The number of aromatic nitrogens is 2. The smallest absolute Gasteiger partial charge is 0.205 e. The van der Waals surface area contributed by atoms with Crippen molar-refractivity contribution >= 4 is 16.7 Å². The van der Waals surface area contributed by atoms with Crippen LogP contribution in [0.4, 0.5) is 5.13 Å². The van der Waals surface area contributed by atoms with E-state index in [4.69, 9.17) is 0 Å². The second-order valence-corrected chi connectivity index (χ2v) is 5.81. The molecule has 0 saturated carbocycles. The van der Waals surface area contributed by atoms with E-state index in [0.29, 0.717) is 0 Å². The fourth-order valence-electron chi connectivity index (χ4n) is 2.51. The number of piperazine rings is 1. The molecule has 2 saturated heterocycles. The fraction of sp³-hybridized carbons (Fsp3) is 0.833. The minimum atomic E-state index is 0.775. The summed E-state index contributed by atoms with van der Waals surface area (Å²) >= 11 is 1.56. The summed E-state index contributed by atoms with van der Waals surface area (Å²) in [6.45, 7) is 9.02. The molecule has 0 aromatic carbocycles. The van der Waals surface area contributed by atoms with E-state index < -0.39 is 0 Å². The van der Waals surface area contributed by atoms with Crippen LogP contribution in [0.15, 0.2) is 0 Å². The third-order valence-corrected chi connectivity index (χ3v) is 4.61. The zero-order valence-electron chi connectivity index (χ0n) is 10.9. The minimum absolute atomic E-state index is 0.775. The van der Waals surface area contributed by atoms with Crippen molar-refractivity contribution in [2.45, 2.75) is 25.8 Å². The van der Waals surface area contributed by atoms with E-state index in [1.807, 2.05) is 0 Å². The van der Waals surface area contributed by atoms with Gasteiger partial charge in [0.15, 0.2) is 0 Å². The minimum Gasteiger partial charge on any atom is -0.344 e. The van der Waals surface area contributed by atoms with Gasteiger partial charge in [0.05, 0.1) is 0 Å². The van der Waals surface area contributed by atoms with Crippen molar-refractivity contribution in [3.63, 3.8) is 0 Å². The summed E-state index contributed by atoms with van der Waals surface area (Å²) in [4.78, 5) is 9.62. The molecule has 1 aromatic heterocycles. The van der Waals surface area contributed by atoms with Crippen molar-refractivity contribution in [1.82, 2.24) is 19.6 Å². The van der Waals surface area contributed by atoms with Gasteiger partial charge in [0, 0.05) is 63.3 Å². The first-order valence-corrected chi connectivity index (χ1v) is 7.66. The van der Waals surface area contributed by atoms with E-state index in [0.717, 1.165) is 56.0 Å². The Balaban J connectivity index is 1.54. The van der Waals surface area contributed by atoms with Crippen molar-refractivity contribution < 1.29 is 0 Å². The topological polar surface area (TPSA) is 44.3 Å². The van der Waals surface area contributed by atoms with E-state index in [1.54, 1.807) is 11.5 Å². The highest BCUT2D eigenvalue weighted by atomic mass is 32.1. The molecule has 5 nitrogen and oxygen atoms in total. The van der Waals surface area contributed by atoms with Gasteiger partial charge in [0.1, 0.15) is 5.82 Å². The molecule has 6 heteroatoms. The number of hydrogen-bond acceptors (Lipinski definition) is 6. The maximum atomic E-state index is 4.63. The second-order valence-electron chi connectivity index (χ2n) is 5.08. The molecule has 0 unspecified atom stereocenters. The van der Waals surface area contributed by atoms with Gasteiger partial charge in [-0.05, 0) is 6.42 Å². The van der Waals surface area contributed by atoms with Crippen molar-refractivity contribution in [3.05, 3.63) is 5.82 Å². The molecule has 2 fully saturated rings. The lowest BCUT2D eigenvalue weighted by Gasteiger charge is -2.43. The van der Waals surface area contributed by atoms with Crippen LogP contribution in [0.25, 0.3) is 0 Å². The Morgan fingerprint density at radius 3 is 2.67 bits per heavy atom. The SMILES string of the molecule is CCCc1nsc(N2CCN(C3CNC3)CC2)n1. The lowest BCUT2D eigenvalue weighted by atomic mass is 10.1. The fourth-order valence-corrected chi connectivity index (χ4v) is 3.27. The summed E-state index contributed by atoms with van der Waals surface area (Å²) in [5.41, 5.74) is 0. The molecule has 1 aromatic rings. The highest BCUT2D eigenvalue weighted by Crippen LogP contribution is 2.20. The van der Waals surface area contributed by atoms with Crippen LogP contribution >= 0.6 is 11.5 Å². The quantitative estimate of drug-likeness (QED) is 0.865. The molecule has 0 aliphatic carbocycles. The van der Waals surface area contributed by atoms with Gasteiger partial charge in [0.2, 0.25) is 5.13 Å². The zero-order chi connectivity index (χ0) is 12.4. The Morgan fingerprint density at radius 2 is 2.06 bits per heavy atom. The molecular weight excluding hydrogens is 246 g/mol. The lowest BCUT2D eigenvalue weighted by molar-refractivity contribution is 0.138. The number of nitrogens with one attached hydrogen (secondary N) is 1. The largest absolute Gasteiger partial charge is 0.344 e. The van der Waals surface area contributed by atoms with E-state index in [-0.39, 0.29) is 0 Å². The van der Waals surface area contributed by atoms with Crippen LogP contribution in [-0.2, 0) is 6.42 Å². The lowest BCUT2D eigenvalue weighted by Crippen LogP contribution is -2.61. The first-order chi connectivity index (χ1) is 8.86. The predicted octanol–water partition coefficient (Wildman–Crippen LogP) is 0.584. The van der Waals surface area contributed by atoms with Gasteiger partial charge in [0.25, 0.3) is 0 Å². The highest BCUT2D eigenvalue weighted by Gasteiger charge is 2.28. The van der Waals surface area contributed by atoms with Crippen molar-refractivity contribution in [3.8, 4) is 0 Å². The van der Waals surface area contributed by atoms with Crippen molar-refractivity contribution in [2.75, 3.05) is 44.2 Å². The predicted molar refractivity (Wildman–Crippen MR) is 74.3 cm³/mol. The maximum Gasteiger partial charge on any atom is 0.205 e. The van der Waals surface area contributed by atoms with Crippen LogP contribution < -0.4 is 10.2 Å². The summed E-state index contributed by atoms with van der Waals surface area (Å²) < 4.78 is 4.43. The Morgan fingerprint density at radius 1 is 1.28 bits per heavy atom. The molecule has 1 N–H and O–H groups in total. The van der Waals surface area contributed by atoms with Gasteiger partial charge < -0.3 is 10.2 Å². The normalized spacial score (nSPS) is 22.2. The van der Waals surface area contributed by atoms with E-state index in [1.165, 1.54) is 13.1 Å². The van der Waals surface area contributed by atoms with E-state index in [9.17, 15) is 0 Å². The van der Waals surface area contributed by atoms with Gasteiger partial charge in [-0.1, -0.05) is 6.92 Å². The van der Waals surface area contributed by atoms with Gasteiger partial charge in [-0.25, -0.2) is 4.98 Å². The maximum absolute atomic E-state index is 4.63. The summed E-state index contributed by atoms with van der Waals surface area (Å²) in [5.74, 6) is 1.02. The molecule has 3 heterocycles. The van der Waals surface area contributed by atoms with Crippen molar-refractivity contribution in [1.29, 1.82) is 0 Å². The molecule has 100 valence electrons. The first kappa shape index (κ1) is 12.3. The second kappa shape index (κ2) is 5.50. The molecule has 2 aliphatic heterocycles. The van der Waals surface area contributed by atoms with Crippen molar-refractivity contribution in [2.24, 2.45) is 0 Å². The van der Waals surface area contributed by atoms with Gasteiger partial charge in [-0.2, -0.15) is 4.37 Å². The molecule has 0 radical (unpaired) electrons. The van der Waals surface area contributed by atoms with E-state index in [2.05, 4.69) is 31.4 Å². The number of aryl methyl sites for hydroxylation is 1. The van der Waals surface area contributed by atoms with E-state index >= 15 is 0 Å². The molecule has 0 atom stereocenters. The molecule has 2 aliphatic rings. The summed E-state index contributed by atoms with van der Waals surface area (Å²) in [7, 11) is 0. The van der Waals surface area contributed by atoms with Crippen LogP contribution in [-0.4, -0.2) is 59.6 Å². The standard InChI is InChI=1S/C12H21N5S/c1-2-3-11-14-12(18-15-11)17-6-4-16(5-7-17)10-8-13-9-10/h10,13H,2-9H2,1H3. The molecule has 3 rings (SSSR count). The summed E-state index contributed by atoms with van der Waals surface area (Å²) in [6, 6.07) is 0.775. The van der Waals surface area contributed by atoms with Crippen LogP contribution in [0, 0.1) is 0 Å². The van der Waals surface area contributed by atoms with Gasteiger partial charge in [-0.3, -0.25) is 4.90 Å². The number of rotatable bonds is 4. The number of anilines is 1. The van der Waals surface area contributed by atoms with Crippen LogP contribution in [0.2, 0.25) is 0 Å². The zero-order valence-corrected chi connectivity index (χ0v) is 11.7. The Labute approximate surface area is 112 Å². The monoisotopic (exact) mass is 267 g/mol. The molecular formula is C12H21N5S. The molecule has 18 heavy (non-hydrogen) atoms. The third kappa shape index (κ3) is 2.50. The molecule has 0 amide bonds. The Bertz CT molecular complexity index is 382. The van der Waals surface area contributed by atoms with Gasteiger partial charge >= 0.3 is 0 Å². The number of hydrogen-bond donors (Lipinski definition) is 1. The van der Waals surface area contributed by atoms with Crippen LogP contribution in [0.3, 0.4) is 0 Å². The third-order valence-electron chi connectivity index (χ3n) is 3.79. The molecule has 0 bridgehead atoms. The average Bonchev–Trinajstić information content (AvgIpc) is 2.77.